The van der Waals surface area contributed by atoms with Gasteiger partial charge in [-0.25, -0.2) is 9.78 Å². The summed E-state index contributed by atoms with van der Waals surface area (Å²) in [5.41, 5.74) is 1.70. The smallest absolute Gasteiger partial charge is 0.338 e. The molecule has 0 saturated heterocycles. The van der Waals surface area contributed by atoms with Crippen molar-refractivity contribution in [2.45, 2.75) is 16.0 Å². The van der Waals surface area contributed by atoms with Gasteiger partial charge >= 0.3 is 5.97 Å². The van der Waals surface area contributed by atoms with Crippen molar-refractivity contribution < 1.29 is 9.90 Å². The molecule has 7 heteroatoms. The van der Waals surface area contributed by atoms with Crippen LogP contribution in [0.3, 0.4) is 0 Å². The van der Waals surface area contributed by atoms with Gasteiger partial charge in [0.2, 0.25) is 0 Å². The van der Waals surface area contributed by atoms with E-state index in [1.165, 1.54) is 18.0 Å². The average molecular weight is 305 g/mol. The van der Waals surface area contributed by atoms with Gasteiger partial charge in [-0.05, 0) is 18.4 Å². The second-order valence-corrected chi connectivity index (χ2v) is 6.51. The Labute approximate surface area is 123 Å². The maximum absolute atomic E-state index is 11.4. The van der Waals surface area contributed by atoms with Gasteiger partial charge in [-0.3, -0.25) is 4.68 Å². The monoisotopic (exact) mass is 305 g/mol. The van der Waals surface area contributed by atoms with E-state index in [4.69, 9.17) is 0 Å². The third kappa shape index (κ3) is 2.08. The predicted molar refractivity (Wildman–Crippen MR) is 78.6 cm³/mol. The molecule has 0 atom stereocenters. The number of aromatic carboxylic acids is 1. The van der Waals surface area contributed by atoms with Gasteiger partial charge in [0.1, 0.15) is 0 Å². The number of carboxylic acids is 1. The highest BCUT2D eigenvalue weighted by atomic mass is 32.2. The molecule has 3 heterocycles. The minimum atomic E-state index is -0.971. The van der Waals surface area contributed by atoms with Gasteiger partial charge in [0, 0.05) is 18.1 Å². The Morgan fingerprint density at radius 3 is 2.95 bits per heavy atom. The largest absolute Gasteiger partial charge is 0.478 e. The van der Waals surface area contributed by atoms with E-state index in [0.717, 1.165) is 15.3 Å². The third-order valence-corrected chi connectivity index (χ3v) is 5.07. The maximum atomic E-state index is 11.4. The minimum Gasteiger partial charge on any atom is -0.478 e. The number of aromatic nitrogens is 3. The topological polar surface area (TPSA) is 68.0 Å². The number of nitrogens with zero attached hydrogens (tertiary/aromatic N) is 3. The van der Waals surface area contributed by atoms with Crippen LogP contribution in [0.5, 0.6) is 0 Å². The van der Waals surface area contributed by atoms with Crippen LogP contribution in [0, 0.1) is 6.92 Å². The zero-order valence-corrected chi connectivity index (χ0v) is 12.5. The maximum Gasteiger partial charge on any atom is 0.338 e. The molecule has 3 aromatic rings. The highest BCUT2D eigenvalue weighted by molar-refractivity contribution is 8.01. The van der Waals surface area contributed by atoms with Gasteiger partial charge in [0.25, 0.3) is 0 Å². The molecule has 5 nitrogen and oxygen atoms in total. The molecule has 0 saturated carbocycles. The number of rotatable bonds is 3. The van der Waals surface area contributed by atoms with Crippen molar-refractivity contribution in [2.75, 3.05) is 0 Å². The first-order valence-corrected chi connectivity index (χ1v) is 7.54. The number of carbonyl (C=O) groups is 1. The molecule has 1 N–H and O–H groups in total. The van der Waals surface area contributed by atoms with Crippen molar-refractivity contribution in [3.8, 4) is 0 Å². The van der Waals surface area contributed by atoms with E-state index in [1.54, 1.807) is 16.0 Å². The molecule has 0 amide bonds. The summed E-state index contributed by atoms with van der Waals surface area (Å²) in [5.74, 6) is -0.971. The molecule has 0 bridgehead atoms. The van der Waals surface area contributed by atoms with E-state index < -0.39 is 5.97 Å². The van der Waals surface area contributed by atoms with Gasteiger partial charge in [-0.1, -0.05) is 17.8 Å². The number of hydrogen-bond acceptors (Lipinski definition) is 5. The van der Waals surface area contributed by atoms with Gasteiger partial charge in [-0.15, -0.1) is 11.3 Å². The molecule has 0 aromatic carbocycles. The van der Waals surface area contributed by atoms with E-state index in [1.807, 2.05) is 31.5 Å². The quantitative estimate of drug-likeness (QED) is 0.805. The lowest BCUT2D eigenvalue weighted by Crippen LogP contribution is -2.01. The van der Waals surface area contributed by atoms with Gasteiger partial charge in [-0.2, -0.15) is 5.10 Å². The Morgan fingerprint density at radius 2 is 2.30 bits per heavy atom. The number of pyridine rings is 1. The molecule has 102 valence electrons. The van der Waals surface area contributed by atoms with Crippen molar-refractivity contribution in [1.29, 1.82) is 0 Å². The van der Waals surface area contributed by atoms with Crippen LogP contribution >= 0.6 is 23.1 Å². The molecule has 0 unspecified atom stereocenters. The SMILES string of the molecule is Cc1nn(C)c2ncc(C(=O)O)c(Sc3cccs3)c12. The van der Waals surface area contributed by atoms with Gasteiger partial charge in [0.15, 0.2) is 5.65 Å². The average Bonchev–Trinajstić information content (AvgIpc) is 2.99. The van der Waals surface area contributed by atoms with Crippen molar-refractivity contribution in [3.05, 3.63) is 35.0 Å². The molecular weight excluding hydrogens is 294 g/mol. The number of hydrogen-bond donors (Lipinski definition) is 1. The first-order chi connectivity index (χ1) is 9.58. The standard InChI is InChI=1S/C13H11N3O2S2/c1-7-10-11(20-9-4-3-5-19-9)8(13(17)18)6-14-12(10)16(2)15-7/h3-6H,1-2H3,(H,17,18). The lowest BCUT2D eigenvalue weighted by atomic mass is 10.2. The van der Waals surface area contributed by atoms with E-state index in [-0.39, 0.29) is 5.56 Å². The second-order valence-electron chi connectivity index (χ2n) is 4.25. The predicted octanol–water partition coefficient (Wildman–Crippen LogP) is 3.19. The first kappa shape index (κ1) is 13.1. The summed E-state index contributed by atoms with van der Waals surface area (Å²) in [5, 5.41) is 16.5. The summed E-state index contributed by atoms with van der Waals surface area (Å²) >= 11 is 3.03. The van der Waals surface area contributed by atoms with Crippen molar-refractivity contribution in [2.24, 2.45) is 7.05 Å². The van der Waals surface area contributed by atoms with Crippen LogP contribution in [0.2, 0.25) is 0 Å². The lowest BCUT2D eigenvalue weighted by Gasteiger charge is -2.06. The second kappa shape index (κ2) is 4.92. The van der Waals surface area contributed by atoms with E-state index in [9.17, 15) is 9.90 Å². The summed E-state index contributed by atoms with van der Waals surface area (Å²) in [6.07, 6.45) is 1.40. The number of carboxylic acid groups (broad SMARTS) is 1. The fraction of sp³-hybridized carbons (Fsp3) is 0.154. The minimum absolute atomic E-state index is 0.215. The molecule has 0 radical (unpaired) electrons. The Morgan fingerprint density at radius 1 is 1.50 bits per heavy atom. The van der Waals surface area contributed by atoms with Gasteiger partial charge < -0.3 is 5.11 Å². The Kier molecular flexibility index (Phi) is 3.23. The van der Waals surface area contributed by atoms with Crippen LogP contribution in [-0.4, -0.2) is 25.8 Å². The summed E-state index contributed by atoms with van der Waals surface area (Å²) in [6, 6.07) is 3.92. The summed E-state index contributed by atoms with van der Waals surface area (Å²) in [4.78, 5) is 16.4. The van der Waals surface area contributed by atoms with Crippen molar-refractivity contribution in [1.82, 2.24) is 14.8 Å². The Hall–Kier alpha value is -1.86. The van der Waals surface area contributed by atoms with E-state index in [2.05, 4.69) is 10.1 Å². The summed E-state index contributed by atoms with van der Waals surface area (Å²) < 4.78 is 2.72. The molecule has 3 rings (SSSR count). The molecule has 0 aliphatic carbocycles. The number of thiophene rings is 1. The van der Waals surface area contributed by atoms with Crippen LogP contribution in [0.15, 0.2) is 32.8 Å². The van der Waals surface area contributed by atoms with Crippen LogP contribution in [0.4, 0.5) is 0 Å². The van der Waals surface area contributed by atoms with Crippen molar-refractivity contribution in [3.63, 3.8) is 0 Å². The number of fused-ring (bicyclic) bond motifs is 1. The lowest BCUT2D eigenvalue weighted by molar-refractivity contribution is 0.0693. The molecule has 0 spiro atoms. The number of aryl methyl sites for hydroxylation is 2. The van der Waals surface area contributed by atoms with Crippen molar-refractivity contribution >= 4 is 40.1 Å². The summed E-state index contributed by atoms with van der Waals surface area (Å²) in [7, 11) is 1.81. The van der Waals surface area contributed by atoms with E-state index >= 15 is 0 Å². The molecule has 0 aliphatic rings. The highest BCUT2D eigenvalue weighted by Gasteiger charge is 2.20. The third-order valence-electron chi connectivity index (χ3n) is 2.91. The van der Waals surface area contributed by atoms with E-state index in [0.29, 0.717) is 10.5 Å². The molecular formula is C13H11N3O2S2. The molecule has 20 heavy (non-hydrogen) atoms. The zero-order valence-electron chi connectivity index (χ0n) is 10.8. The zero-order chi connectivity index (χ0) is 14.3. The molecule has 3 aromatic heterocycles. The van der Waals surface area contributed by atoms with Crippen LogP contribution < -0.4 is 0 Å². The summed E-state index contributed by atoms with van der Waals surface area (Å²) in [6.45, 7) is 1.87. The van der Waals surface area contributed by atoms with Gasteiger partial charge in [0.05, 0.1) is 20.9 Å². The normalized spacial score (nSPS) is 11.1. The Bertz CT molecular complexity index is 794. The fourth-order valence-electron chi connectivity index (χ4n) is 2.06. The Balaban J connectivity index is 2.29. The van der Waals surface area contributed by atoms with Crippen LogP contribution in [0.1, 0.15) is 16.1 Å². The van der Waals surface area contributed by atoms with Crippen LogP contribution in [0.25, 0.3) is 11.0 Å². The highest BCUT2D eigenvalue weighted by Crippen LogP contribution is 2.38. The van der Waals surface area contributed by atoms with Crippen LogP contribution in [-0.2, 0) is 7.05 Å². The molecule has 0 aliphatic heterocycles. The first-order valence-electron chi connectivity index (χ1n) is 5.85. The molecule has 0 fully saturated rings. The fourth-order valence-corrected chi connectivity index (χ4v) is 4.06.